The van der Waals surface area contributed by atoms with Crippen molar-refractivity contribution in [1.82, 2.24) is 8.61 Å². The molecule has 0 aromatic rings. The van der Waals surface area contributed by atoms with E-state index in [9.17, 15) is 8.42 Å². The van der Waals surface area contributed by atoms with Crippen molar-refractivity contribution in [2.75, 3.05) is 37.9 Å². The smallest absolute Gasteiger partial charge is 0.195 e. The number of rotatable bonds is 6. The van der Waals surface area contributed by atoms with Crippen molar-refractivity contribution in [3.8, 4) is 0 Å². The third-order valence-corrected chi connectivity index (χ3v) is 5.44. The Hall–Kier alpha value is 0.450. The van der Waals surface area contributed by atoms with Crippen LogP contribution in [0.3, 0.4) is 0 Å². The first-order valence-corrected chi connectivity index (χ1v) is 8.36. The van der Waals surface area contributed by atoms with Gasteiger partial charge in [0, 0.05) is 37.9 Å². The van der Waals surface area contributed by atoms with Crippen LogP contribution in [-0.2, 0) is 10.2 Å². The van der Waals surface area contributed by atoms with E-state index in [4.69, 9.17) is 23.2 Å². The van der Waals surface area contributed by atoms with E-state index < -0.39 is 10.2 Å². The van der Waals surface area contributed by atoms with Crippen LogP contribution in [0, 0.1) is 5.92 Å². The summed E-state index contributed by atoms with van der Waals surface area (Å²) in [5, 5.41) is 0. The van der Waals surface area contributed by atoms with Crippen LogP contribution in [0.5, 0.6) is 0 Å². The summed E-state index contributed by atoms with van der Waals surface area (Å²) in [7, 11) is -3.37. The molecule has 1 fully saturated rings. The lowest BCUT2D eigenvalue weighted by atomic mass is 10.0. The second-order valence-corrected chi connectivity index (χ2v) is 7.05. The van der Waals surface area contributed by atoms with Crippen molar-refractivity contribution in [2.24, 2.45) is 5.92 Å². The largest absolute Gasteiger partial charge is 0.282 e. The molecule has 1 aliphatic rings. The maximum atomic E-state index is 12.3. The Bertz CT molecular complexity index is 310. The van der Waals surface area contributed by atoms with Crippen molar-refractivity contribution in [3.63, 3.8) is 0 Å². The average Bonchev–Trinajstić information content (AvgIpc) is 2.29. The first-order chi connectivity index (χ1) is 8.02. The van der Waals surface area contributed by atoms with Gasteiger partial charge in [0.15, 0.2) is 0 Å². The van der Waals surface area contributed by atoms with E-state index in [2.05, 4.69) is 6.92 Å². The van der Waals surface area contributed by atoms with E-state index in [0.717, 1.165) is 12.8 Å². The van der Waals surface area contributed by atoms with Gasteiger partial charge >= 0.3 is 0 Å². The van der Waals surface area contributed by atoms with Crippen molar-refractivity contribution in [1.29, 1.82) is 0 Å². The van der Waals surface area contributed by atoms with Gasteiger partial charge in [-0.15, -0.1) is 23.2 Å². The number of alkyl halides is 2. The second kappa shape index (κ2) is 7.14. The molecular weight excluding hydrogens is 283 g/mol. The molecule has 0 radical (unpaired) electrons. The normalized spacial score (nSPS) is 20.0. The molecule has 102 valence electrons. The molecule has 0 saturated carbocycles. The minimum atomic E-state index is -3.37. The summed E-state index contributed by atoms with van der Waals surface area (Å²) < 4.78 is 27.5. The maximum absolute atomic E-state index is 12.3. The van der Waals surface area contributed by atoms with E-state index in [1.165, 1.54) is 4.31 Å². The van der Waals surface area contributed by atoms with Gasteiger partial charge in [-0.3, -0.25) is 0 Å². The molecule has 4 nitrogen and oxygen atoms in total. The van der Waals surface area contributed by atoms with Crippen LogP contribution in [0.4, 0.5) is 0 Å². The summed E-state index contributed by atoms with van der Waals surface area (Å²) in [5.74, 6) is 1.19. The quantitative estimate of drug-likeness (QED) is 0.701. The van der Waals surface area contributed by atoms with Crippen LogP contribution in [0.2, 0.25) is 0 Å². The Labute approximate surface area is 114 Å². The molecule has 0 aromatic heterocycles. The molecule has 0 spiro atoms. The third-order valence-electron chi connectivity index (χ3n) is 3.06. The molecule has 0 aromatic carbocycles. The van der Waals surface area contributed by atoms with Gasteiger partial charge in [0.25, 0.3) is 10.2 Å². The van der Waals surface area contributed by atoms with Crippen LogP contribution in [-0.4, -0.2) is 55.0 Å². The minimum absolute atomic E-state index is 0.292. The molecule has 7 heteroatoms. The highest BCUT2D eigenvalue weighted by Gasteiger charge is 2.31. The van der Waals surface area contributed by atoms with Gasteiger partial charge in [0.1, 0.15) is 0 Å². The number of hydrogen-bond acceptors (Lipinski definition) is 2. The van der Waals surface area contributed by atoms with Crippen LogP contribution >= 0.6 is 23.2 Å². The van der Waals surface area contributed by atoms with Crippen molar-refractivity contribution in [3.05, 3.63) is 0 Å². The Balaban J connectivity index is 2.70. The summed E-state index contributed by atoms with van der Waals surface area (Å²) in [5.41, 5.74) is 0. The van der Waals surface area contributed by atoms with Gasteiger partial charge in [-0.2, -0.15) is 17.0 Å². The number of piperidine rings is 1. The minimum Gasteiger partial charge on any atom is -0.195 e. The van der Waals surface area contributed by atoms with Gasteiger partial charge in [0.2, 0.25) is 0 Å². The molecule has 0 unspecified atom stereocenters. The third kappa shape index (κ3) is 4.24. The summed E-state index contributed by atoms with van der Waals surface area (Å²) in [6.07, 6.45) is 1.85. The van der Waals surface area contributed by atoms with Crippen LogP contribution in [0.15, 0.2) is 0 Å². The molecule has 0 atom stereocenters. The summed E-state index contributed by atoms with van der Waals surface area (Å²) >= 11 is 11.3. The SMILES string of the molecule is CC1CCN(S(=O)(=O)N(CCCl)CCCl)CC1. The molecule has 0 aliphatic carbocycles. The molecular formula is C10H20Cl2N2O2S. The fourth-order valence-corrected chi connectivity index (χ4v) is 4.16. The zero-order chi connectivity index (χ0) is 12.9. The lowest BCUT2D eigenvalue weighted by Crippen LogP contribution is -2.48. The highest BCUT2D eigenvalue weighted by atomic mass is 35.5. The fourth-order valence-electron chi connectivity index (χ4n) is 1.91. The molecule has 0 amide bonds. The van der Waals surface area contributed by atoms with Gasteiger partial charge in [-0.25, -0.2) is 0 Å². The topological polar surface area (TPSA) is 40.6 Å². The molecule has 1 heterocycles. The van der Waals surface area contributed by atoms with Crippen LogP contribution in [0.1, 0.15) is 19.8 Å². The molecule has 1 aliphatic heterocycles. The first kappa shape index (κ1) is 15.5. The Morgan fingerprint density at radius 3 is 2.06 bits per heavy atom. The van der Waals surface area contributed by atoms with Crippen LogP contribution in [0.25, 0.3) is 0 Å². The maximum Gasteiger partial charge on any atom is 0.282 e. The number of hydrogen-bond donors (Lipinski definition) is 0. The lowest BCUT2D eigenvalue weighted by Gasteiger charge is -2.33. The summed E-state index contributed by atoms with van der Waals surface area (Å²) in [6, 6.07) is 0. The first-order valence-electron chi connectivity index (χ1n) is 5.89. The standard InChI is InChI=1S/C10H20Cl2N2O2S/c1-10-2-6-13(7-3-10)17(15,16)14(8-4-11)9-5-12/h10H,2-9H2,1H3. The molecule has 0 N–H and O–H groups in total. The monoisotopic (exact) mass is 302 g/mol. The fraction of sp³-hybridized carbons (Fsp3) is 1.00. The lowest BCUT2D eigenvalue weighted by molar-refractivity contribution is 0.267. The summed E-state index contributed by atoms with van der Waals surface area (Å²) in [6.45, 7) is 4.00. The van der Waals surface area contributed by atoms with Crippen molar-refractivity contribution in [2.45, 2.75) is 19.8 Å². The van der Waals surface area contributed by atoms with E-state index in [1.54, 1.807) is 4.31 Å². The summed E-state index contributed by atoms with van der Waals surface area (Å²) in [4.78, 5) is 0. The van der Waals surface area contributed by atoms with E-state index in [-0.39, 0.29) is 0 Å². The van der Waals surface area contributed by atoms with Gasteiger partial charge in [-0.05, 0) is 18.8 Å². The van der Waals surface area contributed by atoms with E-state index in [1.807, 2.05) is 0 Å². The van der Waals surface area contributed by atoms with E-state index >= 15 is 0 Å². The highest BCUT2D eigenvalue weighted by molar-refractivity contribution is 7.86. The molecule has 1 saturated heterocycles. The molecule has 17 heavy (non-hydrogen) atoms. The zero-order valence-electron chi connectivity index (χ0n) is 10.1. The Morgan fingerprint density at radius 1 is 1.18 bits per heavy atom. The highest BCUT2D eigenvalue weighted by Crippen LogP contribution is 2.20. The van der Waals surface area contributed by atoms with Gasteiger partial charge < -0.3 is 0 Å². The van der Waals surface area contributed by atoms with Crippen LogP contribution < -0.4 is 0 Å². The van der Waals surface area contributed by atoms with Gasteiger partial charge in [0.05, 0.1) is 0 Å². The van der Waals surface area contributed by atoms with E-state index in [0.29, 0.717) is 43.9 Å². The number of nitrogens with zero attached hydrogens (tertiary/aromatic N) is 2. The Kier molecular flexibility index (Phi) is 6.51. The zero-order valence-corrected chi connectivity index (χ0v) is 12.4. The molecule has 1 rings (SSSR count). The Morgan fingerprint density at radius 2 is 1.65 bits per heavy atom. The molecule has 0 bridgehead atoms. The van der Waals surface area contributed by atoms with Crippen molar-refractivity contribution >= 4 is 33.4 Å². The predicted octanol–water partition coefficient (Wildman–Crippen LogP) is 1.74. The average molecular weight is 303 g/mol. The van der Waals surface area contributed by atoms with Gasteiger partial charge in [-0.1, -0.05) is 6.92 Å². The second-order valence-electron chi connectivity index (χ2n) is 4.37. The van der Waals surface area contributed by atoms with Crippen molar-refractivity contribution < 1.29 is 8.42 Å². The predicted molar refractivity (Wildman–Crippen MR) is 71.9 cm³/mol. The number of halogens is 2.